The van der Waals surface area contributed by atoms with Gasteiger partial charge in [-0.05, 0) is 25.9 Å². The second-order valence-corrected chi connectivity index (χ2v) is 8.11. The fourth-order valence-corrected chi connectivity index (χ4v) is 5.27. The van der Waals surface area contributed by atoms with Crippen molar-refractivity contribution in [2.24, 2.45) is 5.92 Å². The molecule has 0 aromatic rings. The molecule has 5 unspecified atom stereocenters. The van der Waals surface area contributed by atoms with Gasteiger partial charge in [0, 0.05) is 48.8 Å². The van der Waals surface area contributed by atoms with Crippen LogP contribution in [0.4, 0.5) is 0 Å². The number of thioether (sulfide) groups is 1. The van der Waals surface area contributed by atoms with E-state index in [0.717, 1.165) is 35.6 Å². The van der Waals surface area contributed by atoms with Crippen LogP contribution >= 0.6 is 11.8 Å². The highest BCUT2D eigenvalue weighted by molar-refractivity contribution is 8.00. The highest BCUT2D eigenvalue weighted by Crippen LogP contribution is 2.30. The van der Waals surface area contributed by atoms with Crippen LogP contribution in [0.3, 0.4) is 0 Å². The molecule has 4 fully saturated rings. The summed E-state index contributed by atoms with van der Waals surface area (Å²) in [5.41, 5.74) is 3.02. The van der Waals surface area contributed by atoms with Crippen molar-refractivity contribution in [1.29, 1.82) is 0 Å². The molecule has 20 heavy (non-hydrogen) atoms. The van der Waals surface area contributed by atoms with E-state index < -0.39 is 0 Å². The third-order valence-corrected chi connectivity index (χ3v) is 6.26. The van der Waals surface area contributed by atoms with E-state index >= 15 is 0 Å². The zero-order valence-electron chi connectivity index (χ0n) is 12.6. The zero-order chi connectivity index (χ0) is 13.9. The van der Waals surface area contributed by atoms with Gasteiger partial charge in [-0.3, -0.25) is 4.90 Å². The van der Waals surface area contributed by atoms with Crippen molar-refractivity contribution in [3.8, 4) is 0 Å². The molecule has 4 aliphatic rings. The Balaban J connectivity index is 0.000000123. The number of nitrogens with zero attached hydrogens (tertiary/aromatic N) is 1. The normalized spacial score (nSPS) is 44.4. The minimum absolute atomic E-state index is 0.582. The minimum Gasteiger partial charge on any atom is -0.315 e. The van der Waals surface area contributed by atoms with Gasteiger partial charge in [-0.25, -0.2) is 0 Å². The molecule has 4 saturated heterocycles. The van der Waals surface area contributed by atoms with Crippen molar-refractivity contribution in [2.75, 3.05) is 46.4 Å². The first-order valence-electron chi connectivity index (χ1n) is 7.88. The van der Waals surface area contributed by atoms with Crippen molar-refractivity contribution in [2.45, 2.75) is 35.9 Å². The summed E-state index contributed by atoms with van der Waals surface area (Å²) in [6, 6.07) is 1.38. The number of fused-ring (bicyclic) bond motifs is 2. The van der Waals surface area contributed by atoms with E-state index in [1.807, 2.05) is 0 Å². The van der Waals surface area contributed by atoms with Crippen molar-refractivity contribution < 1.29 is 4.84 Å². The second-order valence-electron chi connectivity index (χ2n) is 6.43. The summed E-state index contributed by atoms with van der Waals surface area (Å²) in [4.78, 5) is 7.60. The Labute approximate surface area is 126 Å². The first-order chi connectivity index (χ1) is 9.74. The van der Waals surface area contributed by atoms with E-state index in [1.165, 1.54) is 32.6 Å². The van der Waals surface area contributed by atoms with Crippen LogP contribution in [-0.2, 0) is 4.84 Å². The molecule has 0 spiro atoms. The molecule has 0 amide bonds. The Morgan fingerprint density at radius 2 is 2.00 bits per heavy atom. The number of nitrogens with one attached hydrogen (secondary N) is 3. The molecule has 4 rings (SSSR count). The van der Waals surface area contributed by atoms with E-state index in [9.17, 15) is 0 Å². The Bertz CT molecular complexity index is 308. The van der Waals surface area contributed by atoms with Crippen LogP contribution in [0.25, 0.3) is 0 Å². The van der Waals surface area contributed by atoms with Gasteiger partial charge in [-0.15, -0.1) is 0 Å². The van der Waals surface area contributed by atoms with E-state index in [-0.39, 0.29) is 0 Å². The molecule has 0 aromatic heterocycles. The molecule has 6 heteroatoms. The fraction of sp³-hybridized carbons (Fsp3) is 1.00. The number of hydrogen-bond acceptors (Lipinski definition) is 6. The molecule has 4 aliphatic heterocycles. The molecule has 5 atom stereocenters. The topological polar surface area (TPSA) is 48.6 Å². The van der Waals surface area contributed by atoms with E-state index in [0.29, 0.717) is 6.04 Å². The molecule has 0 aromatic carbocycles. The van der Waals surface area contributed by atoms with Gasteiger partial charge in [-0.1, -0.05) is 6.92 Å². The molecule has 3 N–H and O–H groups in total. The second kappa shape index (κ2) is 6.94. The van der Waals surface area contributed by atoms with E-state index in [2.05, 4.69) is 46.7 Å². The van der Waals surface area contributed by atoms with Crippen LogP contribution < -0.4 is 16.1 Å². The number of likely N-dealkylation sites (N-methyl/N-ethyl adjacent to an activating group) is 1. The van der Waals surface area contributed by atoms with Crippen LogP contribution in [0, 0.1) is 5.92 Å². The first kappa shape index (κ1) is 15.1. The largest absolute Gasteiger partial charge is 0.315 e. The lowest BCUT2D eigenvalue weighted by Gasteiger charge is -2.37. The highest BCUT2D eigenvalue weighted by Gasteiger charge is 2.36. The molecule has 5 nitrogen and oxygen atoms in total. The third-order valence-electron chi connectivity index (χ3n) is 4.81. The monoisotopic (exact) mass is 300 g/mol. The summed E-state index contributed by atoms with van der Waals surface area (Å²) in [7, 11) is 2.25. The minimum atomic E-state index is 0.582. The van der Waals surface area contributed by atoms with Gasteiger partial charge in [0.1, 0.15) is 0 Å². The summed E-state index contributed by atoms with van der Waals surface area (Å²) in [6.45, 7) is 9.11. The summed E-state index contributed by atoms with van der Waals surface area (Å²) < 4.78 is 0. The summed E-state index contributed by atoms with van der Waals surface area (Å²) in [5, 5.41) is 8.45. The van der Waals surface area contributed by atoms with Gasteiger partial charge in [0.05, 0.1) is 6.61 Å². The SMILES string of the molecule is C1CC2CNCC2NO1.CC1CN(C)C2CNCC2S1. The van der Waals surface area contributed by atoms with Crippen LogP contribution in [0.2, 0.25) is 0 Å². The number of hydrogen-bond donors (Lipinski definition) is 3. The molecule has 4 heterocycles. The highest BCUT2D eigenvalue weighted by atomic mass is 32.2. The van der Waals surface area contributed by atoms with Gasteiger partial charge in [-0.2, -0.15) is 17.2 Å². The van der Waals surface area contributed by atoms with Crippen LogP contribution in [0.1, 0.15) is 13.3 Å². The van der Waals surface area contributed by atoms with E-state index in [4.69, 9.17) is 4.84 Å². The molecule has 0 radical (unpaired) electrons. The van der Waals surface area contributed by atoms with Crippen molar-refractivity contribution in [1.82, 2.24) is 21.0 Å². The lowest BCUT2D eigenvalue weighted by atomic mass is 10.0. The summed E-state index contributed by atoms with van der Waals surface area (Å²) in [6.07, 6.45) is 1.21. The molecular formula is C14H28N4OS. The van der Waals surface area contributed by atoms with E-state index in [1.54, 1.807) is 0 Å². The third kappa shape index (κ3) is 3.48. The average molecular weight is 300 g/mol. The van der Waals surface area contributed by atoms with Crippen LogP contribution in [0.5, 0.6) is 0 Å². The van der Waals surface area contributed by atoms with Gasteiger partial charge in [0.2, 0.25) is 0 Å². The smallest absolute Gasteiger partial charge is 0.0686 e. The van der Waals surface area contributed by atoms with Crippen molar-refractivity contribution in [3.63, 3.8) is 0 Å². The van der Waals surface area contributed by atoms with Crippen LogP contribution in [-0.4, -0.2) is 73.9 Å². The maximum atomic E-state index is 5.09. The van der Waals surface area contributed by atoms with Crippen LogP contribution in [0.15, 0.2) is 0 Å². The summed E-state index contributed by atoms with van der Waals surface area (Å²) >= 11 is 2.16. The van der Waals surface area contributed by atoms with Gasteiger partial charge < -0.3 is 15.5 Å². The molecule has 0 bridgehead atoms. The number of hydroxylamine groups is 1. The zero-order valence-corrected chi connectivity index (χ0v) is 13.4. The first-order valence-corrected chi connectivity index (χ1v) is 8.83. The lowest BCUT2D eigenvalue weighted by Crippen LogP contribution is -2.47. The molecule has 116 valence electrons. The maximum Gasteiger partial charge on any atom is 0.0686 e. The van der Waals surface area contributed by atoms with Crippen molar-refractivity contribution >= 4 is 11.8 Å². The fourth-order valence-electron chi connectivity index (χ4n) is 3.65. The molecule has 0 saturated carbocycles. The quantitative estimate of drug-likeness (QED) is 0.580. The number of rotatable bonds is 0. The standard InChI is InChI=1S/C8H16N2S.C6H12N2O/c1-6-5-10(2)7-3-9-4-8(7)11-6;1-2-9-8-6-4-7-3-5(1)6/h6-9H,3-5H2,1-2H3;5-8H,1-4H2. The Morgan fingerprint density at radius 1 is 1.15 bits per heavy atom. The van der Waals surface area contributed by atoms with Gasteiger partial charge in [0.15, 0.2) is 0 Å². The van der Waals surface area contributed by atoms with Gasteiger partial charge >= 0.3 is 0 Å². The Hall–Kier alpha value is 0.150. The predicted octanol–water partition coefficient (Wildman–Crippen LogP) is -0.107. The van der Waals surface area contributed by atoms with Gasteiger partial charge in [0.25, 0.3) is 0 Å². The molecular weight excluding hydrogens is 272 g/mol. The maximum absolute atomic E-state index is 5.09. The van der Waals surface area contributed by atoms with Crippen molar-refractivity contribution in [3.05, 3.63) is 0 Å². The lowest BCUT2D eigenvalue weighted by molar-refractivity contribution is -0.0312. The average Bonchev–Trinajstić information content (AvgIpc) is 3.06. The summed E-state index contributed by atoms with van der Waals surface area (Å²) in [5.74, 6) is 0.818. The molecule has 0 aliphatic carbocycles. The Kier molecular flexibility index (Phi) is 5.23. The predicted molar refractivity (Wildman–Crippen MR) is 84.0 cm³/mol. The Morgan fingerprint density at radius 3 is 2.85 bits per heavy atom.